The summed E-state index contributed by atoms with van der Waals surface area (Å²) in [6.45, 7) is 57.1. The van der Waals surface area contributed by atoms with E-state index in [-0.39, 0.29) is 34.8 Å². The highest BCUT2D eigenvalue weighted by Gasteiger charge is 2.38. The summed E-state index contributed by atoms with van der Waals surface area (Å²) in [7, 11) is 0. The van der Waals surface area contributed by atoms with Gasteiger partial charge in [0, 0.05) is 43.4 Å². The van der Waals surface area contributed by atoms with Crippen LogP contribution in [-0.4, -0.2) is 45.6 Å². The molecule has 0 bridgehead atoms. The van der Waals surface area contributed by atoms with E-state index in [1.807, 2.05) is 75.4 Å². The SMILES string of the molecule is C=C1CCc2ccccc2O1.CC(=O)Oc1c(C)c(C)c2c(c1C)CCC(C)(CCCC(C)CCCC(C)CCCC(C)C)O2.CC(=O)Oc1c(C)c(C)c2c(c1C)CC[C@@](C)(CCC[C@H](C)CCC[C@H](C)CCCC(C)C)O2.Cc1cc(O)cc2c1O[C@](C)(CCC[C@H](C)CCC[C@H](C)CCCC(C)C)CC2.OC1CCOc2ccccc21. The van der Waals surface area contributed by atoms with Crippen LogP contribution in [0, 0.1) is 102 Å². The van der Waals surface area contributed by atoms with Crippen molar-refractivity contribution in [2.45, 2.75) is 420 Å². The average molecular weight is 1640 g/mol. The molecule has 5 aliphatic rings. The van der Waals surface area contributed by atoms with Crippen LogP contribution in [0.1, 0.15) is 396 Å². The molecule has 0 radical (unpaired) electrons. The molecule has 11 heteroatoms. The van der Waals surface area contributed by atoms with Crippen LogP contribution in [0.25, 0.3) is 0 Å². The van der Waals surface area contributed by atoms with Gasteiger partial charge in [0.25, 0.3) is 0 Å². The largest absolute Gasteiger partial charge is 0.508 e. The van der Waals surface area contributed by atoms with Gasteiger partial charge in [0.05, 0.1) is 18.5 Å². The lowest BCUT2D eigenvalue weighted by Crippen LogP contribution is -2.37. The minimum Gasteiger partial charge on any atom is -0.508 e. The third-order valence-electron chi connectivity index (χ3n) is 26.9. The van der Waals surface area contributed by atoms with Gasteiger partial charge in [-0.15, -0.1) is 0 Å². The van der Waals surface area contributed by atoms with Crippen LogP contribution in [0.15, 0.2) is 73.0 Å². The van der Waals surface area contributed by atoms with Gasteiger partial charge in [-0.05, 0) is 280 Å². The molecule has 0 saturated carbocycles. The minimum atomic E-state index is -0.333. The van der Waals surface area contributed by atoms with Gasteiger partial charge in [0.1, 0.15) is 62.8 Å². The molecule has 119 heavy (non-hydrogen) atoms. The van der Waals surface area contributed by atoms with E-state index in [4.69, 9.17) is 33.2 Å². The van der Waals surface area contributed by atoms with Crippen molar-refractivity contribution in [2.24, 2.45) is 53.3 Å². The molecule has 11 nitrogen and oxygen atoms in total. The number of allylic oxidation sites excluding steroid dienone is 1. The second kappa shape index (κ2) is 50.3. The zero-order valence-corrected chi connectivity index (χ0v) is 80.0. The van der Waals surface area contributed by atoms with Crippen molar-refractivity contribution in [3.05, 3.63) is 140 Å². The van der Waals surface area contributed by atoms with Crippen LogP contribution in [-0.2, 0) is 35.3 Å². The second-order valence-corrected chi connectivity index (χ2v) is 40.1. The van der Waals surface area contributed by atoms with E-state index in [1.54, 1.807) is 0 Å². The Morgan fingerprint density at radius 2 is 0.782 bits per heavy atom. The lowest BCUT2D eigenvalue weighted by molar-refractivity contribution is -0.132. The number of carbonyl (C=O) groups is 2. The molecule has 5 heterocycles. The summed E-state index contributed by atoms with van der Waals surface area (Å²) >= 11 is 0. The quantitative estimate of drug-likeness (QED) is 0.0288. The number of benzene rings is 5. The number of aliphatic hydroxyl groups is 1. The third kappa shape index (κ3) is 34.6. The third-order valence-corrected chi connectivity index (χ3v) is 26.9. The van der Waals surface area contributed by atoms with E-state index in [2.05, 4.69) is 144 Å². The lowest BCUT2D eigenvalue weighted by atomic mass is 9.83. The zero-order chi connectivity index (χ0) is 87.7. The van der Waals surface area contributed by atoms with E-state index in [1.165, 1.54) is 185 Å². The molecule has 10 rings (SSSR count). The Morgan fingerprint density at radius 1 is 0.429 bits per heavy atom. The van der Waals surface area contributed by atoms with Crippen LogP contribution in [0.5, 0.6) is 46.0 Å². The number of phenols is 1. The number of aliphatic hydroxyl groups excluding tert-OH is 1. The van der Waals surface area contributed by atoms with Gasteiger partial charge in [-0.25, -0.2) is 0 Å². The molecule has 10 atom stereocenters. The van der Waals surface area contributed by atoms with Crippen LogP contribution in [0.3, 0.4) is 0 Å². The number of phenolic OH excluding ortho intramolecular Hbond substituents is 1. The number of para-hydroxylation sites is 2. The molecule has 5 aromatic rings. The smallest absolute Gasteiger partial charge is 0.308 e. The van der Waals surface area contributed by atoms with Crippen molar-refractivity contribution in [3.63, 3.8) is 0 Å². The number of fused-ring (bicyclic) bond motifs is 5. The fraction of sp³-hybridized carbons (Fsp3) is 0.685. The first kappa shape index (κ1) is 101. The molecule has 668 valence electrons. The Hall–Kier alpha value is -6.46. The summed E-state index contributed by atoms with van der Waals surface area (Å²) < 4.78 is 41.7. The van der Waals surface area contributed by atoms with Crippen molar-refractivity contribution in [1.82, 2.24) is 0 Å². The number of aryl methyl sites for hydroxylation is 3. The first-order valence-electron chi connectivity index (χ1n) is 47.6. The molecule has 0 saturated heterocycles. The zero-order valence-electron chi connectivity index (χ0n) is 80.0. The molecule has 0 aliphatic carbocycles. The Labute approximate surface area is 726 Å². The number of hydrogen-bond acceptors (Lipinski definition) is 11. The van der Waals surface area contributed by atoms with Crippen LogP contribution in [0.2, 0.25) is 0 Å². The molecular formula is C108H170O11. The summed E-state index contributed by atoms with van der Waals surface area (Å²) in [6, 6.07) is 19.4. The molecule has 2 N–H and O–H groups in total. The van der Waals surface area contributed by atoms with Gasteiger partial charge in [-0.2, -0.15) is 0 Å². The van der Waals surface area contributed by atoms with Gasteiger partial charge >= 0.3 is 11.9 Å². The van der Waals surface area contributed by atoms with Gasteiger partial charge < -0.3 is 43.4 Å². The first-order valence-corrected chi connectivity index (χ1v) is 47.6. The number of carbonyl (C=O) groups excluding carboxylic acids is 2. The van der Waals surface area contributed by atoms with Gasteiger partial charge in [-0.3, -0.25) is 9.59 Å². The maximum absolute atomic E-state index is 11.6. The standard InChI is InChI=1S/2C31H52O3.C27H46O2.C10H10O.C9H10O2/c2*1-21(2)13-10-14-22(3)15-11-16-23(4)17-12-19-31(9)20-18-28-26(7)29(33-27(8)32)24(5)25(6)30(28)34-31;1-20(2)10-7-11-21(3)12-8-13-22(4)14-9-16-27(6)17-15-24-19-25(28)18-23(5)26(24)29-27;1-8-6-7-9-4-2-3-5-10(9)11-8;10-8-5-6-11-9-4-2-1-3-7(8)9/h2*21-23H,10-20H2,1-9H3;18-22,28H,7-17H2,1-6H3;2-5H,1,6-7H2;1-4,8,10H,5-6H2/t22-,23-,31-;;21-,22-,27-;;/m1.1../s1. The number of aromatic hydroxyl groups is 1. The van der Waals surface area contributed by atoms with Gasteiger partial charge in [-0.1, -0.05) is 261 Å². The number of rotatable bonds is 38. The Balaban J connectivity index is 0.000000244. The number of esters is 2. The fourth-order valence-corrected chi connectivity index (χ4v) is 18.6. The summed E-state index contributed by atoms with van der Waals surface area (Å²) in [5.74, 6) is 14.6. The van der Waals surface area contributed by atoms with Crippen molar-refractivity contribution in [3.8, 4) is 46.0 Å². The number of hydrogen-bond donors (Lipinski definition) is 2. The predicted octanol–water partition coefficient (Wildman–Crippen LogP) is 30.4. The maximum Gasteiger partial charge on any atom is 0.308 e. The highest BCUT2D eigenvalue weighted by Crippen LogP contribution is 2.48. The second-order valence-electron chi connectivity index (χ2n) is 40.1. The van der Waals surface area contributed by atoms with Crippen LogP contribution in [0.4, 0.5) is 0 Å². The molecule has 4 unspecified atom stereocenters. The normalized spacial score (nSPS) is 19.7. The van der Waals surface area contributed by atoms with E-state index in [9.17, 15) is 19.8 Å². The summed E-state index contributed by atoms with van der Waals surface area (Å²) in [5, 5.41) is 19.3. The van der Waals surface area contributed by atoms with E-state index >= 15 is 0 Å². The van der Waals surface area contributed by atoms with Crippen molar-refractivity contribution in [1.29, 1.82) is 0 Å². The van der Waals surface area contributed by atoms with Gasteiger partial charge in [0.2, 0.25) is 0 Å². The lowest BCUT2D eigenvalue weighted by Gasteiger charge is -2.38. The van der Waals surface area contributed by atoms with E-state index in [0.29, 0.717) is 18.8 Å². The van der Waals surface area contributed by atoms with Crippen molar-refractivity contribution < 1.29 is 53.0 Å². The molecule has 0 amide bonds. The summed E-state index contributed by atoms with van der Waals surface area (Å²) in [6.07, 6.45) is 44.2. The Kier molecular flexibility index (Phi) is 42.9. The van der Waals surface area contributed by atoms with Crippen LogP contribution < -0.4 is 33.2 Å². The summed E-state index contributed by atoms with van der Waals surface area (Å²) in [4.78, 5) is 23.2. The van der Waals surface area contributed by atoms with Crippen LogP contribution >= 0.6 is 0 Å². The highest BCUT2D eigenvalue weighted by atomic mass is 16.5. The molecule has 0 aromatic heterocycles. The molecule has 5 aliphatic heterocycles. The van der Waals surface area contributed by atoms with E-state index < -0.39 is 0 Å². The predicted molar refractivity (Wildman–Crippen MR) is 499 cm³/mol. The van der Waals surface area contributed by atoms with E-state index in [0.717, 1.165) is 220 Å². The maximum atomic E-state index is 11.6. The average Bonchev–Trinajstić information content (AvgIpc) is 0.761. The fourth-order valence-electron chi connectivity index (χ4n) is 18.6. The molecule has 0 fully saturated rings. The number of ether oxygens (including phenoxy) is 7. The Bertz CT molecular complexity index is 3760. The molecular weight excluding hydrogens is 1470 g/mol. The highest BCUT2D eigenvalue weighted by molar-refractivity contribution is 5.73. The van der Waals surface area contributed by atoms with Crippen molar-refractivity contribution >= 4 is 11.9 Å². The summed E-state index contributed by atoms with van der Waals surface area (Å²) in [5.41, 5.74) is 13.0. The van der Waals surface area contributed by atoms with Crippen molar-refractivity contribution in [2.75, 3.05) is 6.61 Å². The molecule has 0 spiro atoms. The minimum absolute atomic E-state index is 0.0562. The first-order chi connectivity index (χ1) is 56.3. The topological polar surface area (TPSA) is 139 Å². The monoisotopic (exact) mass is 1640 g/mol. The van der Waals surface area contributed by atoms with Gasteiger partial charge in [0.15, 0.2) is 0 Å². The Morgan fingerprint density at radius 3 is 1.17 bits per heavy atom. The molecule has 5 aromatic carbocycles.